The summed E-state index contributed by atoms with van der Waals surface area (Å²) in [4.78, 5) is 17.0. The third kappa shape index (κ3) is 2.78. The first-order valence-corrected chi connectivity index (χ1v) is 5.34. The number of amides is 1. The summed E-state index contributed by atoms with van der Waals surface area (Å²) in [7, 11) is 0. The van der Waals surface area contributed by atoms with E-state index >= 15 is 0 Å². The van der Waals surface area contributed by atoms with Crippen LogP contribution in [0.25, 0.3) is 0 Å². The van der Waals surface area contributed by atoms with Crippen LogP contribution in [0.4, 0.5) is 4.39 Å². The molecule has 0 bridgehead atoms. The first kappa shape index (κ1) is 11.9. The highest BCUT2D eigenvalue weighted by Crippen LogP contribution is 2.10. The van der Waals surface area contributed by atoms with Crippen molar-refractivity contribution in [1.29, 1.82) is 0 Å². The molecule has 1 aliphatic heterocycles. The largest absolute Gasteiger partial charge is 0.394 e. The topological polar surface area (TPSA) is 62.7 Å². The van der Waals surface area contributed by atoms with E-state index in [4.69, 9.17) is 9.84 Å². The first-order valence-electron chi connectivity index (χ1n) is 5.34. The minimum absolute atomic E-state index is 0.120. The molecule has 1 saturated heterocycles. The van der Waals surface area contributed by atoms with E-state index in [0.717, 1.165) is 6.07 Å². The van der Waals surface area contributed by atoms with Gasteiger partial charge in [-0.2, -0.15) is 4.39 Å². The van der Waals surface area contributed by atoms with Crippen molar-refractivity contribution in [3.05, 3.63) is 29.8 Å². The Morgan fingerprint density at radius 1 is 1.65 bits per heavy atom. The zero-order chi connectivity index (χ0) is 12.3. The number of carbonyl (C=O) groups is 1. The Hall–Kier alpha value is -1.53. The van der Waals surface area contributed by atoms with Crippen molar-refractivity contribution < 1.29 is 19.0 Å². The number of pyridine rings is 1. The number of halogens is 1. The number of ether oxygens (including phenoxy) is 1. The van der Waals surface area contributed by atoms with Crippen LogP contribution in [0.15, 0.2) is 18.3 Å². The van der Waals surface area contributed by atoms with Gasteiger partial charge in [0.2, 0.25) is 5.95 Å². The van der Waals surface area contributed by atoms with Crippen LogP contribution in [0.2, 0.25) is 0 Å². The second-order valence-corrected chi connectivity index (χ2v) is 3.80. The molecule has 2 heterocycles. The zero-order valence-corrected chi connectivity index (χ0v) is 9.17. The second kappa shape index (κ2) is 5.20. The van der Waals surface area contributed by atoms with E-state index in [1.807, 2.05) is 0 Å². The molecule has 5 nitrogen and oxygen atoms in total. The van der Waals surface area contributed by atoms with Crippen molar-refractivity contribution >= 4 is 5.91 Å². The van der Waals surface area contributed by atoms with E-state index in [-0.39, 0.29) is 18.6 Å². The lowest BCUT2D eigenvalue weighted by Crippen LogP contribution is -2.46. The highest BCUT2D eigenvalue weighted by atomic mass is 19.1. The van der Waals surface area contributed by atoms with Gasteiger partial charge in [-0.05, 0) is 12.1 Å². The van der Waals surface area contributed by atoms with Crippen LogP contribution in [0.3, 0.4) is 0 Å². The Kier molecular flexibility index (Phi) is 3.65. The summed E-state index contributed by atoms with van der Waals surface area (Å²) < 4.78 is 17.9. The van der Waals surface area contributed by atoms with Gasteiger partial charge in [-0.15, -0.1) is 0 Å². The van der Waals surface area contributed by atoms with E-state index in [2.05, 4.69) is 4.98 Å². The molecule has 0 aromatic carbocycles. The molecule has 0 saturated carbocycles. The Labute approximate surface area is 97.8 Å². The fraction of sp³-hybridized carbons (Fsp3) is 0.455. The Morgan fingerprint density at radius 2 is 2.47 bits per heavy atom. The maximum Gasteiger partial charge on any atom is 0.255 e. The number of aromatic nitrogens is 1. The number of aliphatic hydroxyl groups excluding tert-OH is 1. The molecule has 6 heteroatoms. The molecule has 0 aliphatic carbocycles. The quantitative estimate of drug-likeness (QED) is 0.742. The first-order chi connectivity index (χ1) is 8.20. The molecule has 1 aromatic rings. The average Bonchev–Trinajstić information content (AvgIpc) is 2.39. The number of hydrogen-bond acceptors (Lipinski definition) is 4. The highest BCUT2D eigenvalue weighted by molar-refractivity contribution is 5.93. The molecule has 1 aromatic heterocycles. The van der Waals surface area contributed by atoms with Gasteiger partial charge in [0.1, 0.15) is 0 Å². The molecular weight excluding hydrogens is 227 g/mol. The summed E-state index contributed by atoms with van der Waals surface area (Å²) in [6, 6.07) is 2.55. The van der Waals surface area contributed by atoms with Crippen LogP contribution >= 0.6 is 0 Å². The minimum Gasteiger partial charge on any atom is -0.394 e. The number of aliphatic hydroxyl groups is 1. The zero-order valence-electron chi connectivity index (χ0n) is 9.17. The summed E-state index contributed by atoms with van der Waals surface area (Å²) in [6.45, 7) is 1.08. The van der Waals surface area contributed by atoms with Gasteiger partial charge in [0.05, 0.1) is 24.9 Å². The van der Waals surface area contributed by atoms with Gasteiger partial charge in [0, 0.05) is 19.3 Å². The fourth-order valence-electron chi connectivity index (χ4n) is 1.70. The van der Waals surface area contributed by atoms with E-state index in [0.29, 0.717) is 25.3 Å². The van der Waals surface area contributed by atoms with Gasteiger partial charge < -0.3 is 14.7 Å². The number of morpholine rings is 1. The fourth-order valence-corrected chi connectivity index (χ4v) is 1.70. The van der Waals surface area contributed by atoms with E-state index in [1.54, 1.807) is 4.90 Å². The maximum absolute atomic E-state index is 12.6. The molecule has 1 atom stereocenters. The molecule has 0 radical (unpaired) electrons. The molecule has 1 N–H and O–H groups in total. The standard InChI is InChI=1S/C11H13FN2O3/c12-10-2-1-8(5-13-10)11(16)14-3-4-17-9(6-14)7-15/h1-2,5,9,15H,3-4,6-7H2. The monoisotopic (exact) mass is 240 g/mol. The molecular formula is C11H13FN2O3. The third-order valence-corrected chi connectivity index (χ3v) is 2.60. The highest BCUT2D eigenvalue weighted by Gasteiger charge is 2.24. The van der Waals surface area contributed by atoms with Gasteiger partial charge in [-0.25, -0.2) is 4.98 Å². The van der Waals surface area contributed by atoms with Crippen LogP contribution < -0.4 is 0 Å². The molecule has 1 fully saturated rings. The summed E-state index contributed by atoms with van der Waals surface area (Å²) >= 11 is 0. The van der Waals surface area contributed by atoms with Crippen molar-refractivity contribution in [1.82, 2.24) is 9.88 Å². The summed E-state index contributed by atoms with van der Waals surface area (Å²) in [5.41, 5.74) is 0.338. The van der Waals surface area contributed by atoms with Crippen LogP contribution in [-0.4, -0.2) is 53.3 Å². The third-order valence-electron chi connectivity index (χ3n) is 2.60. The van der Waals surface area contributed by atoms with E-state index in [1.165, 1.54) is 12.3 Å². The normalized spacial score (nSPS) is 20.4. The Balaban J connectivity index is 2.06. The molecule has 0 spiro atoms. The lowest BCUT2D eigenvalue weighted by atomic mass is 10.2. The predicted molar refractivity (Wildman–Crippen MR) is 56.9 cm³/mol. The van der Waals surface area contributed by atoms with Gasteiger partial charge in [0.15, 0.2) is 0 Å². The van der Waals surface area contributed by atoms with E-state index < -0.39 is 5.95 Å². The smallest absolute Gasteiger partial charge is 0.255 e. The van der Waals surface area contributed by atoms with Gasteiger partial charge in [-0.1, -0.05) is 0 Å². The van der Waals surface area contributed by atoms with Crippen LogP contribution in [-0.2, 0) is 4.74 Å². The van der Waals surface area contributed by atoms with Crippen molar-refractivity contribution in [2.24, 2.45) is 0 Å². The number of carbonyl (C=O) groups excluding carboxylic acids is 1. The van der Waals surface area contributed by atoms with Crippen molar-refractivity contribution in [3.63, 3.8) is 0 Å². The second-order valence-electron chi connectivity index (χ2n) is 3.80. The van der Waals surface area contributed by atoms with E-state index in [9.17, 15) is 9.18 Å². The number of nitrogens with zero attached hydrogens (tertiary/aromatic N) is 2. The van der Waals surface area contributed by atoms with Gasteiger partial charge in [-0.3, -0.25) is 4.79 Å². The molecule has 2 rings (SSSR count). The molecule has 1 amide bonds. The molecule has 92 valence electrons. The van der Waals surface area contributed by atoms with Crippen molar-refractivity contribution in [3.8, 4) is 0 Å². The SMILES string of the molecule is O=C(c1ccc(F)nc1)N1CCOC(CO)C1. The summed E-state index contributed by atoms with van der Waals surface area (Å²) in [5.74, 6) is -0.837. The van der Waals surface area contributed by atoms with Crippen LogP contribution in [0.1, 0.15) is 10.4 Å². The molecule has 1 unspecified atom stereocenters. The predicted octanol–water partition coefficient (Wildman–Crippen LogP) is 0.0540. The van der Waals surface area contributed by atoms with Crippen molar-refractivity contribution in [2.75, 3.05) is 26.3 Å². The van der Waals surface area contributed by atoms with Gasteiger partial charge >= 0.3 is 0 Å². The average molecular weight is 240 g/mol. The maximum atomic E-state index is 12.6. The Bertz CT molecular complexity index is 396. The molecule has 1 aliphatic rings. The van der Waals surface area contributed by atoms with Crippen LogP contribution in [0.5, 0.6) is 0 Å². The number of hydrogen-bond donors (Lipinski definition) is 1. The lowest BCUT2D eigenvalue weighted by Gasteiger charge is -2.32. The van der Waals surface area contributed by atoms with Gasteiger partial charge in [0.25, 0.3) is 5.91 Å². The minimum atomic E-state index is -0.614. The van der Waals surface area contributed by atoms with Crippen LogP contribution in [0, 0.1) is 5.95 Å². The summed E-state index contributed by atoms with van der Waals surface area (Å²) in [5, 5.41) is 8.97. The number of rotatable bonds is 2. The lowest BCUT2D eigenvalue weighted by molar-refractivity contribution is -0.0447. The van der Waals surface area contributed by atoms with Crippen molar-refractivity contribution in [2.45, 2.75) is 6.10 Å². The summed E-state index contributed by atoms with van der Waals surface area (Å²) in [6.07, 6.45) is 0.863. The Morgan fingerprint density at radius 3 is 3.12 bits per heavy atom. The molecule has 17 heavy (non-hydrogen) atoms.